The molecule has 9 aromatic rings. The zero-order valence-electron chi connectivity index (χ0n) is 58.1. The molecule has 0 aliphatic heterocycles. The fourth-order valence-corrected chi connectivity index (χ4v) is 12.3. The number of sulfonamides is 1. The molecule has 1 fully saturated rings. The van der Waals surface area contributed by atoms with Crippen LogP contribution in [-0.4, -0.2) is 148 Å². The van der Waals surface area contributed by atoms with Gasteiger partial charge in [-0.3, -0.25) is 19.4 Å². The Hall–Kier alpha value is -10.3. The van der Waals surface area contributed by atoms with Gasteiger partial charge in [0.1, 0.15) is 17.5 Å². The fraction of sp³-hybridized carbons (Fsp3) is 0.304. The Labute approximate surface area is 600 Å². The van der Waals surface area contributed by atoms with Crippen molar-refractivity contribution in [2.75, 3.05) is 22.9 Å². The van der Waals surface area contributed by atoms with Gasteiger partial charge >= 0.3 is 17.9 Å². The maximum absolute atomic E-state index is 14.0. The highest BCUT2D eigenvalue weighted by molar-refractivity contribution is 7.92. The fourth-order valence-electron chi connectivity index (χ4n) is 11.9. The van der Waals surface area contributed by atoms with Crippen molar-refractivity contribution >= 4 is 68.5 Å². The summed E-state index contributed by atoms with van der Waals surface area (Å²) in [6.07, 6.45) is 0.546. The molecule has 1 aliphatic carbocycles. The van der Waals surface area contributed by atoms with Gasteiger partial charge in [0.25, 0.3) is 5.91 Å². The Morgan fingerprint density at radius 1 is 0.587 bits per heavy atom. The standard InChI is InChI=1S/C33H35FN2O5.C24H22FNO4.C22H28FN3O6S/c1-21(2)31-30(33(41)35-25-11-7-4-8-12-25)29(22-9-5-3-6-10-22)32(23-13-15-24(34)16-14-23)36(31)18-17-26(37)19-27(38)20-28(39)40;25-16-9-7-14(8-10-16)22-18-3-1-2-4-20(18)26-23(15-5-6-15)19(22)12-11-17(27)13-21(28)24(29)30;1-13(2)20-18(10-9-16(27)11-17(28)12-19(29)30)21(14-5-7-15(23)8-6-14)25-22(24-20)26(3)33(4,31)32/h3-16,21,26-27,37-38H,17-20H2,1-2H3,(H,35,41)(H,39,40);1-4,7-12,15,17,21,27-28H,5-6,13H2,(H,29,30);5-10,13,16-17,27-28H,11-12H2,1-4H3,(H,29,30)/b;12-11+;10-9+/t26-,27-;;16-,17-/m1.1/s1. The van der Waals surface area contributed by atoms with E-state index in [4.69, 9.17) is 20.3 Å². The maximum Gasteiger partial charge on any atom is 0.332 e. The number of carboxylic acid groups (broad SMARTS) is 3. The molecule has 0 spiro atoms. The molecule has 2 unspecified atom stereocenters. The number of carbonyl (C=O) groups is 4. The first-order chi connectivity index (χ1) is 49.4. The zero-order valence-corrected chi connectivity index (χ0v) is 58.9. The van der Waals surface area contributed by atoms with Crippen LogP contribution in [-0.2, 0) is 31.0 Å². The number of pyridine rings is 1. The number of anilines is 2. The molecule has 25 heteroatoms. The quantitative estimate of drug-likeness (QED) is 0.0208. The number of carbonyl (C=O) groups excluding carboxylic acids is 1. The lowest BCUT2D eigenvalue weighted by Gasteiger charge is -2.20. The van der Waals surface area contributed by atoms with E-state index in [1.807, 2.05) is 117 Å². The van der Waals surface area contributed by atoms with Crippen LogP contribution in [0, 0.1) is 17.5 Å². The van der Waals surface area contributed by atoms with Crippen molar-refractivity contribution in [2.24, 2.45) is 0 Å². The molecule has 1 aliphatic rings. The van der Waals surface area contributed by atoms with Crippen LogP contribution in [0.1, 0.15) is 135 Å². The van der Waals surface area contributed by atoms with E-state index < -0.39 is 83.2 Å². The number of aromatic nitrogens is 4. The van der Waals surface area contributed by atoms with E-state index in [2.05, 4.69) is 15.3 Å². The van der Waals surface area contributed by atoms with Gasteiger partial charge in [-0.1, -0.05) is 131 Å². The summed E-state index contributed by atoms with van der Waals surface area (Å²) in [5, 5.41) is 91.0. The van der Waals surface area contributed by atoms with Gasteiger partial charge in [-0.15, -0.1) is 0 Å². The van der Waals surface area contributed by atoms with Gasteiger partial charge in [0, 0.05) is 76.9 Å². The van der Waals surface area contributed by atoms with Crippen molar-refractivity contribution in [1.82, 2.24) is 19.5 Å². The second kappa shape index (κ2) is 36.3. The summed E-state index contributed by atoms with van der Waals surface area (Å²) in [7, 11) is -2.33. The number of aliphatic hydroxyl groups excluding tert-OH is 6. The molecule has 548 valence electrons. The zero-order chi connectivity index (χ0) is 75.7. The molecule has 104 heavy (non-hydrogen) atoms. The number of hydrogen-bond acceptors (Lipinski definition) is 15. The van der Waals surface area contributed by atoms with Crippen LogP contribution in [0.5, 0.6) is 0 Å². The monoisotopic (exact) mass is 1450 g/mol. The number of hydrogen-bond donors (Lipinski definition) is 10. The Kier molecular flexibility index (Phi) is 27.7. The lowest BCUT2D eigenvalue weighted by molar-refractivity contribution is -0.148. The molecule has 6 aromatic carbocycles. The molecule has 6 atom stereocenters. The normalized spacial score (nSPS) is 14.1. The molecular formula is C79H85F3N6O15S. The molecule has 3 aromatic heterocycles. The first kappa shape index (κ1) is 79.5. The first-order valence-corrected chi connectivity index (χ1v) is 35.6. The van der Waals surface area contributed by atoms with E-state index in [0.717, 1.165) is 67.9 Å². The minimum absolute atomic E-state index is 0.0601. The van der Waals surface area contributed by atoms with Gasteiger partial charge in [0.2, 0.25) is 16.0 Å². The molecule has 0 radical (unpaired) electrons. The van der Waals surface area contributed by atoms with Crippen LogP contribution in [0.2, 0.25) is 0 Å². The second-order valence-corrected chi connectivity index (χ2v) is 28.0. The van der Waals surface area contributed by atoms with Gasteiger partial charge in [-0.25, -0.2) is 40.7 Å². The summed E-state index contributed by atoms with van der Waals surface area (Å²) in [4.78, 5) is 60.3. The number of amides is 1. The third kappa shape index (κ3) is 21.7. The van der Waals surface area contributed by atoms with Gasteiger partial charge in [-0.2, -0.15) is 0 Å². The number of halogens is 3. The number of carboxylic acids is 3. The third-order valence-corrected chi connectivity index (χ3v) is 18.2. The average molecular weight is 1450 g/mol. The minimum Gasteiger partial charge on any atom is -0.481 e. The number of aliphatic hydroxyl groups is 6. The van der Waals surface area contributed by atoms with Crippen molar-refractivity contribution < 1.29 is 86.7 Å². The Balaban J connectivity index is 0.000000200. The largest absolute Gasteiger partial charge is 0.481 e. The predicted molar refractivity (Wildman–Crippen MR) is 392 cm³/mol. The molecule has 21 nitrogen and oxygen atoms in total. The van der Waals surface area contributed by atoms with E-state index in [-0.39, 0.29) is 67.6 Å². The number of aliphatic carboxylic acids is 3. The average Bonchev–Trinajstić information content (AvgIpc) is 1.54. The third-order valence-electron chi connectivity index (χ3n) is 17.0. The van der Waals surface area contributed by atoms with Crippen LogP contribution in [0.4, 0.5) is 24.8 Å². The highest BCUT2D eigenvalue weighted by Crippen LogP contribution is 2.46. The lowest BCUT2D eigenvalue weighted by Crippen LogP contribution is -2.27. The van der Waals surface area contributed by atoms with E-state index in [0.29, 0.717) is 56.5 Å². The first-order valence-electron chi connectivity index (χ1n) is 33.7. The summed E-state index contributed by atoms with van der Waals surface area (Å²) in [5.41, 5.74) is 10.9. The Bertz CT molecular complexity index is 4620. The van der Waals surface area contributed by atoms with Crippen molar-refractivity contribution in [3.8, 4) is 44.8 Å². The van der Waals surface area contributed by atoms with Crippen LogP contribution in [0.3, 0.4) is 0 Å². The lowest BCUT2D eigenvalue weighted by atomic mass is 9.92. The van der Waals surface area contributed by atoms with E-state index >= 15 is 0 Å². The number of nitrogens with zero attached hydrogens (tertiary/aromatic N) is 5. The molecule has 10 rings (SSSR count). The molecule has 10 N–H and O–H groups in total. The molecule has 1 amide bonds. The minimum atomic E-state index is -3.65. The number of fused-ring (bicyclic) bond motifs is 1. The van der Waals surface area contributed by atoms with Crippen molar-refractivity contribution in [2.45, 2.75) is 140 Å². The Morgan fingerprint density at radius 3 is 1.62 bits per heavy atom. The van der Waals surface area contributed by atoms with Crippen molar-refractivity contribution in [1.29, 1.82) is 0 Å². The van der Waals surface area contributed by atoms with Crippen LogP contribution in [0.25, 0.3) is 67.8 Å². The van der Waals surface area contributed by atoms with Crippen LogP contribution in [0.15, 0.2) is 170 Å². The van der Waals surface area contributed by atoms with Gasteiger partial charge in [0.15, 0.2) is 6.10 Å². The number of benzene rings is 6. The van der Waals surface area contributed by atoms with E-state index in [9.17, 15) is 71.4 Å². The molecule has 3 heterocycles. The van der Waals surface area contributed by atoms with E-state index in [1.165, 1.54) is 73.8 Å². The highest BCUT2D eigenvalue weighted by atomic mass is 32.2. The predicted octanol–water partition coefficient (Wildman–Crippen LogP) is 12.8. The maximum atomic E-state index is 14.0. The smallest absolute Gasteiger partial charge is 0.332 e. The van der Waals surface area contributed by atoms with Crippen LogP contribution >= 0.6 is 0 Å². The molecule has 0 bridgehead atoms. The number of nitrogens with one attached hydrogen (secondary N) is 1. The molecule has 1 saturated carbocycles. The Morgan fingerprint density at radius 2 is 1.09 bits per heavy atom. The highest BCUT2D eigenvalue weighted by Gasteiger charge is 2.33. The topological polar surface area (TPSA) is 343 Å². The number of para-hydroxylation sites is 2. The van der Waals surface area contributed by atoms with Gasteiger partial charge in [-0.05, 0) is 133 Å². The summed E-state index contributed by atoms with van der Waals surface area (Å²) in [6, 6.07) is 44.3. The summed E-state index contributed by atoms with van der Waals surface area (Å²) in [5.74, 6) is -5.19. The SMILES string of the molecule is CC(C)c1c(C(=O)Nc2ccccc2)c(-c2ccccc2)c(-c2ccc(F)cc2)n1CC[C@@H](O)C[C@@H](O)CC(=O)O.CC(C)c1nc(N(C)S(C)(=O)=O)nc(-c2ccc(F)cc2)c1/C=C/[C@@H](O)C[C@@H](O)CC(=O)O.O=C(O)C(O)CC(O)/C=C/c1c(C2CC2)nc2ccccc2c1-c1ccc(F)cc1. The number of rotatable bonds is 29. The molecular weight excluding hydrogens is 1360 g/mol. The van der Waals surface area contributed by atoms with Crippen LogP contribution < -0.4 is 9.62 Å². The second-order valence-electron chi connectivity index (χ2n) is 26.0. The summed E-state index contributed by atoms with van der Waals surface area (Å²) in [6.45, 7) is 7.96. The van der Waals surface area contributed by atoms with E-state index in [1.54, 1.807) is 30.3 Å². The van der Waals surface area contributed by atoms with Crippen molar-refractivity contribution in [3.63, 3.8) is 0 Å². The van der Waals surface area contributed by atoms with Crippen molar-refractivity contribution in [3.05, 3.63) is 221 Å². The summed E-state index contributed by atoms with van der Waals surface area (Å²) < 4.78 is 68.1. The van der Waals surface area contributed by atoms with Gasteiger partial charge < -0.3 is 55.8 Å². The van der Waals surface area contributed by atoms with Gasteiger partial charge in [0.05, 0.1) is 83.5 Å². The summed E-state index contributed by atoms with van der Waals surface area (Å²) >= 11 is 0. The molecule has 0 saturated heterocycles.